The quantitative estimate of drug-likeness (QED) is 0.767. The van der Waals surface area contributed by atoms with E-state index in [-0.39, 0.29) is 23.3 Å². The van der Waals surface area contributed by atoms with Gasteiger partial charge in [-0.2, -0.15) is 11.8 Å². The first kappa shape index (κ1) is 18.3. The van der Waals surface area contributed by atoms with E-state index in [1.165, 1.54) is 0 Å². The Labute approximate surface area is 133 Å². The second-order valence-electron chi connectivity index (χ2n) is 6.89. The van der Waals surface area contributed by atoms with Crippen LogP contribution in [0.25, 0.3) is 0 Å². The number of nitrogens with zero attached hydrogens (tertiary/aromatic N) is 1. The summed E-state index contributed by atoms with van der Waals surface area (Å²) in [5, 5.41) is 3.02. The molecule has 122 valence electrons. The molecule has 1 N–H and O–H groups in total. The SMILES string of the molecule is CCC1(CC)NC(=O)C(C(C)(C)C)N(CCCSC)C1=O. The zero-order chi connectivity index (χ0) is 16.3. The van der Waals surface area contributed by atoms with E-state index in [2.05, 4.69) is 11.6 Å². The Morgan fingerprint density at radius 1 is 1.24 bits per heavy atom. The summed E-state index contributed by atoms with van der Waals surface area (Å²) in [6.45, 7) is 10.7. The third-order valence-corrected chi connectivity index (χ3v) is 5.06. The lowest BCUT2D eigenvalue weighted by molar-refractivity contribution is -0.160. The van der Waals surface area contributed by atoms with Gasteiger partial charge in [0.15, 0.2) is 0 Å². The molecule has 0 bridgehead atoms. The van der Waals surface area contributed by atoms with Crippen LogP contribution in [0.4, 0.5) is 0 Å². The van der Waals surface area contributed by atoms with Crippen LogP contribution in [0.2, 0.25) is 0 Å². The van der Waals surface area contributed by atoms with Crippen LogP contribution in [0, 0.1) is 5.41 Å². The van der Waals surface area contributed by atoms with E-state index < -0.39 is 5.54 Å². The van der Waals surface area contributed by atoms with Crippen LogP contribution in [0.15, 0.2) is 0 Å². The largest absolute Gasteiger partial charge is 0.340 e. The number of piperazine rings is 1. The first-order chi connectivity index (χ1) is 9.73. The van der Waals surface area contributed by atoms with Gasteiger partial charge in [-0.05, 0) is 36.7 Å². The molecular formula is C16H30N2O2S. The number of hydrogen-bond donors (Lipinski definition) is 1. The Morgan fingerprint density at radius 3 is 2.24 bits per heavy atom. The zero-order valence-electron chi connectivity index (χ0n) is 14.3. The van der Waals surface area contributed by atoms with Gasteiger partial charge in [-0.25, -0.2) is 0 Å². The summed E-state index contributed by atoms with van der Waals surface area (Å²) < 4.78 is 0. The molecule has 1 fully saturated rings. The molecule has 5 heteroatoms. The molecule has 21 heavy (non-hydrogen) atoms. The lowest BCUT2D eigenvalue weighted by Crippen LogP contribution is -2.72. The maximum absolute atomic E-state index is 13.0. The number of hydrogen-bond acceptors (Lipinski definition) is 3. The van der Waals surface area contributed by atoms with Crippen molar-refractivity contribution in [3.63, 3.8) is 0 Å². The van der Waals surface area contributed by atoms with E-state index in [1.807, 2.05) is 39.5 Å². The van der Waals surface area contributed by atoms with Gasteiger partial charge in [0, 0.05) is 6.54 Å². The fourth-order valence-electron chi connectivity index (χ4n) is 3.09. The maximum Gasteiger partial charge on any atom is 0.249 e. The predicted molar refractivity (Wildman–Crippen MR) is 89.4 cm³/mol. The van der Waals surface area contributed by atoms with Gasteiger partial charge in [0.2, 0.25) is 11.8 Å². The first-order valence-electron chi connectivity index (χ1n) is 7.85. The van der Waals surface area contributed by atoms with Gasteiger partial charge in [-0.3, -0.25) is 9.59 Å². The fraction of sp³-hybridized carbons (Fsp3) is 0.875. The van der Waals surface area contributed by atoms with E-state index in [0.29, 0.717) is 19.4 Å². The highest BCUT2D eigenvalue weighted by Crippen LogP contribution is 2.33. The van der Waals surface area contributed by atoms with Crippen molar-refractivity contribution in [2.45, 2.75) is 65.5 Å². The summed E-state index contributed by atoms with van der Waals surface area (Å²) >= 11 is 1.77. The molecule has 0 saturated carbocycles. The average Bonchev–Trinajstić information content (AvgIpc) is 2.41. The molecule has 1 heterocycles. The lowest BCUT2D eigenvalue weighted by Gasteiger charge is -2.49. The third kappa shape index (κ3) is 3.74. The van der Waals surface area contributed by atoms with Crippen molar-refractivity contribution in [3.8, 4) is 0 Å². The first-order valence-corrected chi connectivity index (χ1v) is 9.25. The molecular weight excluding hydrogens is 284 g/mol. The average molecular weight is 314 g/mol. The van der Waals surface area contributed by atoms with Crippen molar-refractivity contribution < 1.29 is 9.59 Å². The second-order valence-corrected chi connectivity index (χ2v) is 7.88. The van der Waals surface area contributed by atoms with E-state index >= 15 is 0 Å². The van der Waals surface area contributed by atoms with Crippen LogP contribution in [0.5, 0.6) is 0 Å². The van der Waals surface area contributed by atoms with Gasteiger partial charge in [0.25, 0.3) is 0 Å². The summed E-state index contributed by atoms with van der Waals surface area (Å²) in [5.74, 6) is 1.09. The van der Waals surface area contributed by atoms with E-state index in [4.69, 9.17) is 0 Å². The third-order valence-electron chi connectivity index (χ3n) is 4.37. The number of amides is 2. The molecule has 1 aliphatic heterocycles. The Hall–Kier alpha value is -0.710. The van der Waals surface area contributed by atoms with Crippen molar-refractivity contribution in [1.29, 1.82) is 0 Å². The highest BCUT2D eigenvalue weighted by Gasteiger charge is 2.51. The molecule has 0 radical (unpaired) electrons. The van der Waals surface area contributed by atoms with E-state index in [1.54, 1.807) is 11.8 Å². The van der Waals surface area contributed by atoms with Crippen molar-refractivity contribution in [3.05, 3.63) is 0 Å². The molecule has 1 unspecified atom stereocenters. The number of thioether (sulfide) groups is 1. The van der Waals surface area contributed by atoms with Crippen LogP contribution < -0.4 is 5.32 Å². The normalized spacial score (nSPS) is 22.4. The highest BCUT2D eigenvalue weighted by molar-refractivity contribution is 7.98. The number of nitrogens with one attached hydrogen (secondary N) is 1. The Kier molecular flexibility index (Phi) is 6.14. The Morgan fingerprint density at radius 2 is 1.81 bits per heavy atom. The second kappa shape index (κ2) is 7.03. The summed E-state index contributed by atoms with van der Waals surface area (Å²) in [7, 11) is 0. The summed E-state index contributed by atoms with van der Waals surface area (Å²) in [6.07, 6.45) is 4.28. The van der Waals surface area contributed by atoms with Gasteiger partial charge in [-0.15, -0.1) is 0 Å². The zero-order valence-corrected chi connectivity index (χ0v) is 15.1. The predicted octanol–water partition coefficient (Wildman–Crippen LogP) is 2.67. The summed E-state index contributed by atoms with van der Waals surface area (Å²) in [4.78, 5) is 27.5. The van der Waals surface area contributed by atoms with Gasteiger partial charge < -0.3 is 10.2 Å². The molecule has 2 amide bonds. The van der Waals surface area contributed by atoms with Gasteiger partial charge >= 0.3 is 0 Å². The van der Waals surface area contributed by atoms with Crippen molar-refractivity contribution >= 4 is 23.6 Å². The smallest absolute Gasteiger partial charge is 0.249 e. The highest BCUT2D eigenvalue weighted by atomic mass is 32.2. The number of carbonyl (C=O) groups excluding carboxylic acids is 2. The number of carbonyl (C=O) groups is 2. The Balaban J connectivity index is 3.11. The van der Waals surface area contributed by atoms with Gasteiger partial charge in [0.05, 0.1) is 0 Å². The Bertz CT molecular complexity index is 386. The summed E-state index contributed by atoms with van der Waals surface area (Å²) in [5.41, 5.74) is -0.967. The molecule has 1 aliphatic rings. The monoisotopic (exact) mass is 314 g/mol. The fourth-order valence-corrected chi connectivity index (χ4v) is 3.51. The molecule has 0 aliphatic carbocycles. The van der Waals surface area contributed by atoms with Crippen molar-refractivity contribution in [2.75, 3.05) is 18.6 Å². The minimum Gasteiger partial charge on any atom is -0.340 e. The summed E-state index contributed by atoms with van der Waals surface area (Å²) in [6, 6.07) is -0.377. The molecule has 0 aromatic heterocycles. The number of rotatable bonds is 6. The van der Waals surface area contributed by atoms with Crippen molar-refractivity contribution in [1.82, 2.24) is 10.2 Å². The van der Waals surface area contributed by atoms with E-state index in [9.17, 15) is 9.59 Å². The molecule has 1 saturated heterocycles. The molecule has 0 spiro atoms. The van der Waals surface area contributed by atoms with Crippen LogP contribution in [0.3, 0.4) is 0 Å². The molecule has 0 aromatic rings. The topological polar surface area (TPSA) is 49.4 Å². The van der Waals surface area contributed by atoms with Crippen molar-refractivity contribution in [2.24, 2.45) is 5.41 Å². The van der Waals surface area contributed by atoms with Crippen LogP contribution in [-0.2, 0) is 9.59 Å². The van der Waals surface area contributed by atoms with Crippen LogP contribution in [0.1, 0.15) is 53.9 Å². The minimum atomic E-state index is -0.710. The van der Waals surface area contributed by atoms with Crippen LogP contribution in [-0.4, -0.2) is 46.8 Å². The molecule has 1 atom stereocenters. The van der Waals surface area contributed by atoms with E-state index in [0.717, 1.165) is 12.2 Å². The van der Waals surface area contributed by atoms with Gasteiger partial charge in [0.1, 0.15) is 11.6 Å². The molecule has 1 rings (SSSR count). The van der Waals surface area contributed by atoms with Crippen LogP contribution >= 0.6 is 11.8 Å². The minimum absolute atomic E-state index is 0.00467. The van der Waals surface area contributed by atoms with Gasteiger partial charge in [-0.1, -0.05) is 34.6 Å². The standard InChI is InChI=1S/C16H30N2O2S/c1-7-16(8-2)14(20)18(10-9-11-21-6)12(13(19)17-16)15(3,4)5/h12H,7-11H2,1-6H3,(H,17,19). The maximum atomic E-state index is 13.0. The molecule has 0 aromatic carbocycles. The lowest BCUT2D eigenvalue weighted by atomic mass is 9.79. The molecule has 4 nitrogen and oxygen atoms in total.